The maximum absolute atomic E-state index is 13.2. The molecule has 4 rings (SSSR count). The third kappa shape index (κ3) is 2.70. The minimum atomic E-state index is -0.982. The highest BCUT2D eigenvalue weighted by atomic mass is 35.5. The smallest absolute Gasteiger partial charge is 0.241 e. The molecule has 0 aliphatic carbocycles. The first kappa shape index (κ1) is 18.2. The second kappa shape index (κ2) is 5.91. The first-order chi connectivity index (χ1) is 12.6. The van der Waals surface area contributed by atoms with Crippen LogP contribution in [0.3, 0.4) is 0 Å². The third-order valence-corrected chi connectivity index (χ3v) is 5.70. The van der Waals surface area contributed by atoms with Crippen molar-refractivity contribution in [2.75, 3.05) is 11.4 Å². The van der Waals surface area contributed by atoms with Gasteiger partial charge in [0.25, 0.3) is 0 Å². The van der Waals surface area contributed by atoms with Crippen LogP contribution in [0.4, 0.5) is 5.69 Å². The van der Waals surface area contributed by atoms with E-state index in [1.54, 1.807) is 24.3 Å². The van der Waals surface area contributed by atoms with Gasteiger partial charge in [-0.3, -0.25) is 14.4 Å². The molecule has 6 nitrogen and oxygen atoms in total. The molecule has 2 bridgehead atoms. The van der Waals surface area contributed by atoms with Crippen LogP contribution in [0.1, 0.15) is 20.8 Å². The van der Waals surface area contributed by atoms with Gasteiger partial charge in [-0.2, -0.15) is 0 Å². The molecular weight excluding hydrogens is 368 g/mol. The summed E-state index contributed by atoms with van der Waals surface area (Å²) in [7, 11) is 0. The predicted octanol–water partition coefficient (Wildman–Crippen LogP) is 2.32. The number of benzene rings is 1. The zero-order chi connectivity index (χ0) is 19.6. The van der Waals surface area contributed by atoms with E-state index in [1.165, 1.54) is 4.90 Å². The van der Waals surface area contributed by atoms with Crippen molar-refractivity contribution < 1.29 is 19.1 Å². The summed E-state index contributed by atoms with van der Waals surface area (Å²) in [6.45, 7) is 5.61. The van der Waals surface area contributed by atoms with E-state index in [4.69, 9.17) is 16.3 Å². The van der Waals surface area contributed by atoms with Crippen LogP contribution in [0.15, 0.2) is 36.4 Å². The second-order valence-electron chi connectivity index (χ2n) is 8.32. The van der Waals surface area contributed by atoms with Gasteiger partial charge in [0.1, 0.15) is 5.60 Å². The minimum Gasteiger partial charge on any atom is -0.360 e. The molecule has 0 radical (unpaired) electrons. The SMILES string of the molecule is CC(C)(C)C(=O)NC[C@@]12C=C[C@@H](O1)[C@@H]1C(=O)N(c3ccc(Cl)cc3)C(=O)[C@H]12. The molecule has 3 amide bonds. The standard InChI is InChI=1S/C20H21ClN2O4/c1-19(2,3)18(26)22-10-20-9-8-13(27-20)14-15(20)17(25)23(16(14)24)12-6-4-11(21)5-7-12/h4-9,13-15H,10H2,1-3H3,(H,22,26)/t13-,14+,15+,20-/m1/s1. The molecule has 3 aliphatic heterocycles. The number of amides is 3. The number of nitrogens with one attached hydrogen (secondary N) is 1. The number of nitrogens with zero attached hydrogens (tertiary/aromatic N) is 1. The number of fused-ring (bicyclic) bond motifs is 5. The van der Waals surface area contributed by atoms with Crippen LogP contribution in [0, 0.1) is 17.3 Å². The van der Waals surface area contributed by atoms with E-state index in [1.807, 2.05) is 32.9 Å². The van der Waals surface area contributed by atoms with Crippen LogP contribution in [-0.2, 0) is 19.1 Å². The summed E-state index contributed by atoms with van der Waals surface area (Å²) in [5.74, 6) is -1.91. The molecule has 7 heteroatoms. The molecule has 0 aromatic heterocycles. The molecule has 2 fully saturated rings. The fourth-order valence-corrected chi connectivity index (χ4v) is 4.16. The maximum atomic E-state index is 13.2. The monoisotopic (exact) mass is 388 g/mol. The van der Waals surface area contributed by atoms with Gasteiger partial charge in [0.05, 0.1) is 30.2 Å². The van der Waals surface area contributed by atoms with Crippen molar-refractivity contribution in [1.29, 1.82) is 0 Å². The number of hydrogen-bond donors (Lipinski definition) is 1. The molecule has 1 aromatic carbocycles. The third-order valence-electron chi connectivity index (χ3n) is 5.45. The van der Waals surface area contributed by atoms with E-state index in [0.29, 0.717) is 10.7 Å². The predicted molar refractivity (Wildman–Crippen MR) is 100 cm³/mol. The van der Waals surface area contributed by atoms with E-state index in [-0.39, 0.29) is 24.3 Å². The highest BCUT2D eigenvalue weighted by Gasteiger charge is 2.67. The highest BCUT2D eigenvalue weighted by Crippen LogP contribution is 2.52. The largest absolute Gasteiger partial charge is 0.360 e. The lowest BCUT2D eigenvalue weighted by molar-refractivity contribution is -0.132. The summed E-state index contributed by atoms with van der Waals surface area (Å²) in [4.78, 5) is 39.6. The van der Waals surface area contributed by atoms with E-state index in [2.05, 4.69) is 5.32 Å². The number of carbonyl (C=O) groups is 3. The number of rotatable bonds is 3. The molecule has 4 atom stereocenters. The Morgan fingerprint density at radius 2 is 1.89 bits per heavy atom. The molecule has 27 heavy (non-hydrogen) atoms. The van der Waals surface area contributed by atoms with Crippen molar-refractivity contribution in [3.05, 3.63) is 41.4 Å². The number of hydrogen-bond acceptors (Lipinski definition) is 4. The minimum absolute atomic E-state index is 0.132. The van der Waals surface area contributed by atoms with Gasteiger partial charge in [-0.15, -0.1) is 0 Å². The fourth-order valence-electron chi connectivity index (χ4n) is 4.03. The summed E-state index contributed by atoms with van der Waals surface area (Å²) >= 11 is 5.91. The van der Waals surface area contributed by atoms with Gasteiger partial charge < -0.3 is 10.1 Å². The Morgan fingerprint density at radius 1 is 1.22 bits per heavy atom. The molecule has 0 saturated carbocycles. The summed E-state index contributed by atoms with van der Waals surface area (Å²) in [6.07, 6.45) is 3.19. The number of anilines is 1. The van der Waals surface area contributed by atoms with Gasteiger partial charge in [0, 0.05) is 10.4 Å². The molecule has 1 N–H and O–H groups in total. The lowest BCUT2D eigenvalue weighted by Crippen LogP contribution is -2.50. The van der Waals surface area contributed by atoms with Gasteiger partial charge >= 0.3 is 0 Å². The molecule has 0 unspecified atom stereocenters. The number of imide groups is 1. The van der Waals surface area contributed by atoms with E-state index in [9.17, 15) is 14.4 Å². The van der Waals surface area contributed by atoms with Crippen LogP contribution < -0.4 is 10.2 Å². The molecular formula is C20H21ClN2O4. The van der Waals surface area contributed by atoms with Gasteiger partial charge in [0.15, 0.2) is 0 Å². The van der Waals surface area contributed by atoms with Crippen molar-refractivity contribution in [3.63, 3.8) is 0 Å². The first-order valence-electron chi connectivity index (χ1n) is 8.93. The lowest BCUT2D eigenvalue weighted by atomic mass is 9.76. The Labute approximate surface area is 162 Å². The summed E-state index contributed by atoms with van der Waals surface area (Å²) in [6, 6.07) is 6.61. The Morgan fingerprint density at radius 3 is 2.52 bits per heavy atom. The molecule has 1 aromatic rings. The number of halogens is 1. The summed E-state index contributed by atoms with van der Waals surface area (Å²) in [5.41, 5.74) is -1.04. The molecule has 3 aliphatic rings. The van der Waals surface area contributed by atoms with E-state index < -0.39 is 29.0 Å². The Bertz CT molecular complexity index is 858. The van der Waals surface area contributed by atoms with E-state index >= 15 is 0 Å². The molecule has 3 heterocycles. The normalized spacial score (nSPS) is 31.6. The van der Waals surface area contributed by atoms with Crippen molar-refractivity contribution >= 4 is 35.0 Å². The molecule has 0 spiro atoms. The molecule has 142 valence electrons. The Balaban J connectivity index is 1.62. The highest BCUT2D eigenvalue weighted by molar-refractivity contribution is 6.31. The van der Waals surface area contributed by atoms with Gasteiger partial charge in [-0.25, -0.2) is 4.90 Å². The van der Waals surface area contributed by atoms with Crippen LogP contribution in [0.2, 0.25) is 5.02 Å². The van der Waals surface area contributed by atoms with Gasteiger partial charge in [0.2, 0.25) is 17.7 Å². The number of ether oxygens (including phenoxy) is 1. The Kier molecular flexibility index (Phi) is 3.98. The average molecular weight is 389 g/mol. The van der Waals surface area contributed by atoms with Crippen LogP contribution in [0.25, 0.3) is 0 Å². The summed E-state index contributed by atoms with van der Waals surface area (Å²) in [5, 5.41) is 3.41. The van der Waals surface area contributed by atoms with Gasteiger partial charge in [-0.05, 0) is 24.3 Å². The number of carbonyl (C=O) groups excluding carboxylic acids is 3. The fraction of sp³-hybridized carbons (Fsp3) is 0.450. The zero-order valence-electron chi connectivity index (χ0n) is 15.4. The average Bonchev–Trinajstić information content (AvgIpc) is 3.24. The Hall–Kier alpha value is -2.18. The maximum Gasteiger partial charge on any atom is 0.241 e. The van der Waals surface area contributed by atoms with Crippen LogP contribution >= 0.6 is 11.6 Å². The molecule has 2 saturated heterocycles. The van der Waals surface area contributed by atoms with Gasteiger partial charge in [-0.1, -0.05) is 44.5 Å². The van der Waals surface area contributed by atoms with Crippen molar-refractivity contribution in [3.8, 4) is 0 Å². The zero-order valence-corrected chi connectivity index (χ0v) is 16.1. The second-order valence-corrected chi connectivity index (χ2v) is 8.76. The van der Waals surface area contributed by atoms with Crippen LogP contribution in [0.5, 0.6) is 0 Å². The van der Waals surface area contributed by atoms with Crippen molar-refractivity contribution in [2.45, 2.75) is 32.5 Å². The lowest BCUT2D eigenvalue weighted by Gasteiger charge is -2.30. The summed E-state index contributed by atoms with van der Waals surface area (Å²) < 4.78 is 6.02. The van der Waals surface area contributed by atoms with Crippen molar-refractivity contribution in [2.24, 2.45) is 17.3 Å². The van der Waals surface area contributed by atoms with E-state index in [0.717, 1.165) is 0 Å². The van der Waals surface area contributed by atoms with Crippen LogP contribution in [-0.4, -0.2) is 36.0 Å². The topological polar surface area (TPSA) is 75.7 Å². The first-order valence-corrected chi connectivity index (χ1v) is 9.31. The quantitative estimate of drug-likeness (QED) is 0.637. The van der Waals surface area contributed by atoms with Crippen molar-refractivity contribution in [1.82, 2.24) is 5.32 Å².